The van der Waals surface area contributed by atoms with Crippen LogP contribution in [-0.2, 0) is 29.0 Å². The molecule has 7 heterocycles. The van der Waals surface area contributed by atoms with Gasteiger partial charge in [-0.3, -0.25) is 19.3 Å². The van der Waals surface area contributed by atoms with E-state index in [4.69, 9.17) is 10.7 Å². The van der Waals surface area contributed by atoms with Gasteiger partial charge in [-0.2, -0.15) is 0 Å². The van der Waals surface area contributed by atoms with Crippen LogP contribution in [0.4, 0.5) is 11.4 Å². The number of rotatable bonds is 13. The predicted octanol–water partition coefficient (Wildman–Crippen LogP) is 7.22. The van der Waals surface area contributed by atoms with Gasteiger partial charge in [-0.15, -0.1) is 11.3 Å². The van der Waals surface area contributed by atoms with Crippen LogP contribution in [0.2, 0.25) is 0 Å². The lowest BCUT2D eigenvalue weighted by Gasteiger charge is -2.36. The molecule has 4 saturated heterocycles. The number of fused-ring (bicyclic) bond motifs is 7. The molecule has 4 aliphatic heterocycles. The Labute approximate surface area is 435 Å². The number of carbonyl (C=O) groups excluding carboxylic acids is 3. The van der Waals surface area contributed by atoms with Crippen LogP contribution in [0.5, 0.6) is 0 Å². The lowest BCUT2D eigenvalue weighted by Crippen LogP contribution is -2.51. The SMILES string of the molecule is CC(NC(=O)C1CCN(CCC(=O)N2CCN(CC(O)Cn3c4ccc(Br)cc4c4cc(Br)ccc43)CC2)CC1)c1ccc2c(N)c(C(=O)N[C@H]3CCc4cc(N5C[C@H]6CC[C@@H](C5)N6)ccc4C3)sc2n1. The number of halogens is 2. The molecular formula is C54H64Br2N10O4S. The molecule has 3 aromatic carbocycles. The summed E-state index contributed by atoms with van der Waals surface area (Å²) in [7, 11) is 0. The number of benzene rings is 3. The van der Waals surface area contributed by atoms with E-state index in [1.807, 2.05) is 36.1 Å². The summed E-state index contributed by atoms with van der Waals surface area (Å²) in [5.74, 6) is -0.0968. The maximum atomic E-state index is 13.7. The third-order valence-corrected chi connectivity index (χ3v) is 18.0. The minimum atomic E-state index is -0.558. The maximum Gasteiger partial charge on any atom is 0.263 e. The molecule has 5 atom stereocenters. The number of aliphatic hydroxyl groups excluding tert-OH is 1. The second-order valence-electron chi connectivity index (χ2n) is 20.7. The van der Waals surface area contributed by atoms with Crippen molar-refractivity contribution < 1.29 is 19.5 Å². The summed E-state index contributed by atoms with van der Waals surface area (Å²) in [5, 5.41) is 24.6. The van der Waals surface area contributed by atoms with Crippen molar-refractivity contribution >= 4 is 104 Å². The molecular weight excluding hydrogens is 1040 g/mol. The smallest absolute Gasteiger partial charge is 0.263 e. The number of carbonyl (C=O) groups is 3. The molecule has 1 aliphatic carbocycles. The average Bonchev–Trinajstić information content (AvgIpc) is 4.00. The molecule has 71 heavy (non-hydrogen) atoms. The Morgan fingerprint density at radius 2 is 1.52 bits per heavy atom. The number of aromatic nitrogens is 2. The first-order chi connectivity index (χ1) is 34.4. The van der Waals surface area contributed by atoms with Crippen LogP contribution in [0, 0.1) is 5.92 Å². The van der Waals surface area contributed by atoms with Gasteiger partial charge < -0.3 is 46.1 Å². The minimum absolute atomic E-state index is 0.0152. The van der Waals surface area contributed by atoms with Crippen molar-refractivity contribution in [2.75, 3.05) is 76.1 Å². The van der Waals surface area contributed by atoms with E-state index in [0.717, 1.165) is 113 Å². The first-order valence-corrected chi connectivity index (χ1v) is 28.0. The standard InChI is InChI=1S/C54H64Br2N10O4S/c1-32(46-11-10-43-50(57)51(71-54(43)61-46)53(70)60-38-6-2-35-25-41(9-3-34(35)24-38)65-28-39-7-8-40(29-65)59-39)58-52(69)33-14-17-62(18-15-33)19-16-49(68)64-22-20-63(21-23-64)30-42(67)31-66-47-12-4-36(55)26-44(47)45-27-37(56)5-13-48(45)66/h3-5,9-13,25-27,32-33,38-40,42,59,67H,2,6-8,14-24,28-31,57H2,1H3,(H,58,69)(H,60,70)/t32?,38-,39-,40+,42?/m0/s1. The Morgan fingerprint density at radius 1 is 0.817 bits per heavy atom. The van der Waals surface area contributed by atoms with Crippen molar-refractivity contribution in [1.29, 1.82) is 0 Å². The molecule has 0 spiro atoms. The van der Waals surface area contributed by atoms with Gasteiger partial charge in [0, 0.05) is 125 Å². The molecule has 6 N–H and O–H groups in total. The van der Waals surface area contributed by atoms with Crippen molar-refractivity contribution in [1.82, 2.24) is 40.2 Å². The van der Waals surface area contributed by atoms with Gasteiger partial charge in [0.1, 0.15) is 9.71 Å². The van der Waals surface area contributed by atoms with E-state index in [0.29, 0.717) is 66.6 Å². The summed E-state index contributed by atoms with van der Waals surface area (Å²) in [6.45, 7) is 10.1. The van der Waals surface area contributed by atoms with Gasteiger partial charge >= 0.3 is 0 Å². The molecule has 2 unspecified atom stereocenters. The van der Waals surface area contributed by atoms with Gasteiger partial charge in [-0.25, -0.2) is 4.98 Å². The van der Waals surface area contributed by atoms with Crippen LogP contribution in [0.25, 0.3) is 32.0 Å². The van der Waals surface area contributed by atoms with E-state index in [9.17, 15) is 19.5 Å². The quantitative estimate of drug-likeness (QED) is 0.0798. The molecule has 6 aromatic rings. The summed E-state index contributed by atoms with van der Waals surface area (Å²) < 4.78 is 4.26. The number of thiophene rings is 1. The zero-order chi connectivity index (χ0) is 48.9. The molecule has 4 fully saturated rings. The number of aryl methyl sites for hydroxylation is 1. The van der Waals surface area contributed by atoms with E-state index in [-0.39, 0.29) is 35.7 Å². The number of piperidine rings is 1. The van der Waals surface area contributed by atoms with Crippen molar-refractivity contribution in [2.45, 2.75) is 95.1 Å². The molecule has 11 rings (SSSR count). The van der Waals surface area contributed by atoms with Gasteiger partial charge in [0.25, 0.3) is 5.91 Å². The van der Waals surface area contributed by atoms with E-state index >= 15 is 0 Å². The highest BCUT2D eigenvalue weighted by atomic mass is 79.9. The van der Waals surface area contributed by atoms with E-state index in [1.54, 1.807) is 0 Å². The fourth-order valence-electron chi connectivity index (χ4n) is 12.0. The third-order valence-electron chi connectivity index (χ3n) is 15.9. The number of pyridine rings is 1. The van der Waals surface area contributed by atoms with E-state index in [1.165, 1.54) is 41.0 Å². The molecule has 17 heteroatoms. The highest BCUT2D eigenvalue weighted by Crippen LogP contribution is 2.36. The number of β-amino-alcohol motifs (C(OH)–C–C–N with tert-alkyl or cyclic N) is 1. The van der Waals surface area contributed by atoms with Gasteiger partial charge in [-0.1, -0.05) is 37.9 Å². The molecule has 0 radical (unpaired) electrons. The highest BCUT2D eigenvalue weighted by molar-refractivity contribution is 9.10. The number of nitrogens with zero attached hydrogens (tertiary/aromatic N) is 6. The number of likely N-dealkylation sites (tertiary alicyclic amines) is 1. The monoisotopic (exact) mass is 1110 g/mol. The van der Waals surface area contributed by atoms with Gasteiger partial charge in [0.15, 0.2) is 0 Å². The predicted molar refractivity (Wildman–Crippen MR) is 290 cm³/mol. The first kappa shape index (κ1) is 48.6. The number of aliphatic hydroxyl groups is 1. The zero-order valence-corrected chi connectivity index (χ0v) is 44.3. The summed E-state index contributed by atoms with van der Waals surface area (Å²) in [4.78, 5) is 55.7. The number of amides is 3. The molecule has 14 nitrogen and oxygen atoms in total. The van der Waals surface area contributed by atoms with Crippen LogP contribution in [0.15, 0.2) is 75.7 Å². The van der Waals surface area contributed by atoms with Crippen molar-refractivity contribution in [3.05, 3.63) is 97.4 Å². The van der Waals surface area contributed by atoms with E-state index < -0.39 is 6.10 Å². The Hall–Kier alpha value is -4.62. The average molecular weight is 1110 g/mol. The second kappa shape index (κ2) is 20.7. The van der Waals surface area contributed by atoms with Crippen LogP contribution in [0.1, 0.15) is 78.0 Å². The van der Waals surface area contributed by atoms with Gasteiger partial charge in [-0.05, 0) is 137 Å². The highest BCUT2D eigenvalue weighted by Gasteiger charge is 2.34. The number of hydrogen-bond donors (Lipinski definition) is 5. The molecule has 5 aliphatic rings. The first-order valence-electron chi connectivity index (χ1n) is 25.6. The summed E-state index contributed by atoms with van der Waals surface area (Å²) >= 11 is 8.55. The largest absolute Gasteiger partial charge is 0.397 e. The van der Waals surface area contributed by atoms with Crippen LogP contribution in [0.3, 0.4) is 0 Å². The van der Waals surface area contributed by atoms with Crippen molar-refractivity contribution in [3.8, 4) is 0 Å². The number of piperazine rings is 2. The fraction of sp³-hybridized carbons (Fsp3) is 0.481. The minimum Gasteiger partial charge on any atom is -0.397 e. The fourth-order valence-corrected chi connectivity index (χ4v) is 13.7. The van der Waals surface area contributed by atoms with Crippen LogP contribution in [-0.4, -0.2) is 137 Å². The van der Waals surface area contributed by atoms with Crippen LogP contribution >= 0.6 is 43.2 Å². The number of nitrogens with one attached hydrogen (secondary N) is 3. The summed E-state index contributed by atoms with van der Waals surface area (Å²) in [6.07, 6.45) is 6.51. The Kier molecular flexibility index (Phi) is 14.2. The van der Waals surface area contributed by atoms with Gasteiger partial charge in [0.2, 0.25) is 11.8 Å². The van der Waals surface area contributed by atoms with Crippen molar-refractivity contribution in [2.24, 2.45) is 5.92 Å². The topological polar surface area (TPSA) is 164 Å². The lowest BCUT2D eigenvalue weighted by molar-refractivity contribution is -0.134. The van der Waals surface area contributed by atoms with E-state index in [2.05, 4.69) is 110 Å². The number of hydrogen-bond acceptors (Lipinski definition) is 11. The number of anilines is 2. The molecule has 3 aromatic heterocycles. The molecule has 3 amide bonds. The summed E-state index contributed by atoms with van der Waals surface area (Å²) in [6, 6.07) is 24.2. The van der Waals surface area contributed by atoms with Crippen molar-refractivity contribution in [3.63, 3.8) is 0 Å². The Balaban J connectivity index is 0.605. The molecule has 374 valence electrons. The van der Waals surface area contributed by atoms with Gasteiger partial charge in [0.05, 0.1) is 30.1 Å². The van der Waals surface area contributed by atoms with Crippen LogP contribution < -0.4 is 26.6 Å². The molecule has 0 saturated carbocycles. The second-order valence-corrected chi connectivity index (χ2v) is 23.5. The normalized spacial score (nSPS) is 22.0. The molecule has 2 bridgehead atoms. The zero-order valence-electron chi connectivity index (χ0n) is 40.3. The lowest BCUT2D eigenvalue weighted by atomic mass is 9.87. The maximum absolute atomic E-state index is 13.7. The number of nitrogens with two attached hydrogens (primary N) is 1. The summed E-state index contributed by atoms with van der Waals surface area (Å²) in [5.41, 5.74) is 14.0. The third kappa shape index (κ3) is 10.5. The Morgan fingerprint density at radius 3 is 2.23 bits per heavy atom. The number of nitrogen functional groups attached to an aromatic ring is 1. The Bertz CT molecular complexity index is 2910.